The maximum atomic E-state index is 12.3. The first-order valence-corrected chi connectivity index (χ1v) is 8.04. The van der Waals surface area contributed by atoms with Gasteiger partial charge in [-0.25, -0.2) is 4.98 Å². The first kappa shape index (κ1) is 14.6. The highest BCUT2D eigenvalue weighted by atomic mass is 35.5. The van der Waals surface area contributed by atoms with E-state index in [2.05, 4.69) is 4.98 Å². The Balaban J connectivity index is 1.77. The molecule has 1 aliphatic heterocycles. The van der Waals surface area contributed by atoms with Crippen molar-refractivity contribution >= 4 is 39.9 Å². The van der Waals surface area contributed by atoms with E-state index in [1.54, 1.807) is 17.1 Å². The van der Waals surface area contributed by atoms with Crippen molar-refractivity contribution in [3.63, 3.8) is 0 Å². The van der Waals surface area contributed by atoms with E-state index in [0.717, 1.165) is 10.7 Å². The van der Waals surface area contributed by atoms with E-state index < -0.39 is 0 Å². The highest BCUT2D eigenvalue weighted by molar-refractivity contribution is 7.15. The Bertz CT molecular complexity index is 684. The predicted octanol–water partition coefficient (Wildman–Crippen LogP) is 2.70. The summed E-state index contributed by atoms with van der Waals surface area (Å²) in [7, 11) is 0. The molecule has 21 heavy (non-hydrogen) atoms. The van der Waals surface area contributed by atoms with Gasteiger partial charge in [-0.1, -0.05) is 11.6 Å². The number of nitrogens with zero attached hydrogens (tertiary/aromatic N) is 3. The molecule has 0 aliphatic carbocycles. The smallest absolute Gasteiger partial charge is 0.246 e. The zero-order valence-electron chi connectivity index (χ0n) is 11.8. The molecule has 5 nitrogen and oxygen atoms in total. The van der Waals surface area contributed by atoms with Crippen molar-refractivity contribution in [1.29, 1.82) is 0 Å². The molecule has 0 N–H and O–H groups in total. The number of hydrogen-bond donors (Lipinski definition) is 0. The monoisotopic (exact) mass is 325 g/mol. The number of hydrogen-bond acceptors (Lipinski definition) is 4. The van der Waals surface area contributed by atoms with Crippen LogP contribution in [0.2, 0.25) is 5.15 Å². The minimum absolute atomic E-state index is 0.0294. The van der Waals surface area contributed by atoms with Gasteiger partial charge in [0.1, 0.15) is 0 Å². The van der Waals surface area contributed by atoms with Crippen LogP contribution in [0.15, 0.2) is 17.7 Å². The number of amides is 1. The number of thiazole rings is 1. The van der Waals surface area contributed by atoms with Crippen molar-refractivity contribution in [3.8, 4) is 0 Å². The molecule has 3 rings (SSSR count). The Morgan fingerprint density at radius 2 is 2.19 bits per heavy atom. The highest BCUT2D eigenvalue weighted by Crippen LogP contribution is 2.22. The van der Waals surface area contributed by atoms with E-state index in [9.17, 15) is 4.79 Å². The number of halogens is 1. The van der Waals surface area contributed by atoms with Crippen LogP contribution in [-0.2, 0) is 9.53 Å². The Kier molecular flexibility index (Phi) is 4.01. The topological polar surface area (TPSA) is 46.8 Å². The summed E-state index contributed by atoms with van der Waals surface area (Å²) in [6.07, 6.45) is 5.29. The molecule has 0 saturated carbocycles. The largest absolute Gasteiger partial charge is 0.372 e. The van der Waals surface area contributed by atoms with Gasteiger partial charge >= 0.3 is 0 Å². The third-order valence-electron chi connectivity index (χ3n) is 3.37. The number of ether oxygens (including phenoxy) is 1. The van der Waals surface area contributed by atoms with Crippen LogP contribution in [0.25, 0.3) is 11.0 Å². The maximum Gasteiger partial charge on any atom is 0.246 e. The van der Waals surface area contributed by atoms with Gasteiger partial charge in [-0.15, -0.1) is 11.3 Å². The minimum atomic E-state index is -0.0294. The van der Waals surface area contributed by atoms with Crippen LogP contribution >= 0.6 is 22.9 Å². The van der Waals surface area contributed by atoms with Gasteiger partial charge in [-0.05, 0) is 19.9 Å². The SMILES string of the molecule is CC1CN(C(=O)/C=C/c2c(Cl)nc3sccn23)CC(C)O1. The summed E-state index contributed by atoms with van der Waals surface area (Å²) in [5, 5.41) is 2.35. The van der Waals surface area contributed by atoms with Crippen LogP contribution in [-0.4, -0.2) is 45.5 Å². The van der Waals surface area contributed by atoms with Crippen LogP contribution in [0.3, 0.4) is 0 Å². The fraction of sp³-hybridized carbons (Fsp3) is 0.429. The van der Waals surface area contributed by atoms with Crippen molar-refractivity contribution in [3.05, 3.63) is 28.5 Å². The number of aromatic nitrogens is 2. The molecule has 0 bridgehead atoms. The quantitative estimate of drug-likeness (QED) is 0.798. The normalized spacial score (nSPS) is 23.3. The Hall–Kier alpha value is -1.37. The second-order valence-corrected chi connectivity index (χ2v) is 6.41. The third kappa shape index (κ3) is 2.97. The molecule has 1 amide bonds. The van der Waals surface area contributed by atoms with E-state index in [1.807, 2.05) is 29.8 Å². The van der Waals surface area contributed by atoms with Crippen LogP contribution in [0.1, 0.15) is 19.5 Å². The molecule has 0 spiro atoms. The Labute approximate surface area is 131 Å². The average Bonchev–Trinajstić information content (AvgIpc) is 2.96. The number of morpholine rings is 1. The van der Waals surface area contributed by atoms with E-state index in [-0.39, 0.29) is 18.1 Å². The average molecular weight is 326 g/mol. The van der Waals surface area contributed by atoms with Crippen molar-refractivity contribution in [2.45, 2.75) is 26.1 Å². The third-order valence-corrected chi connectivity index (χ3v) is 4.40. The molecule has 3 heterocycles. The second-order valence-electron chi connectivity index (χ2n) is 5.18. The fourth-order valence-electron chi connectivity index (χ4n) is 2.54. The molecule has 112 valence electrons. The van der Waals surface area contributed by atoms with Crippen LogP contribution in [0.5, 0.6) is 0 Å². The first-order valence-electron chi connectivity index (χ1n) is 6.78. The zero-order chi connectivity index (χ0) is 15.0. The highest BCUT2D eigenvalue weighted by Gasteiger charge is 2.24. The van der Waals surface area contributed by atoms with Crippen LogP contribution in [0.4, 0.5) is 0 Å². The predicted molar refractivity (Wildman–Crippen MR) is 83.7 cm³/mol. The van der Waals surface area contributed by atoms with Gasteiger partial charge in [0.2, 0.25) is 5.91 Å². The number of carbonyl (C=O) groups is 1. The molecule has 1 fully saturated rings. The van der Waals surface area contributed by atoms with Gasteiger partial charge in [0, 0.05) is 30.7 Å². The van der Waals surface area contributed by atoms with E-state index >= 15 is 0 Å². The maximum absolute atomic E-state index is 12.3. The van der Waals surface area contributed by atoms with Crippen LogP contribution in [0, 0.1) is 0 Å². The number of carbonyl (C=O) groups excluding carboxylic acids is 1. The van der Waals surface area contributed by atoms with Gasteiger partial charge in [-0.2, -0.15) is 0 Å². The molecular weight excluding hydrogens is 310 g/mol. The Morgan fingerprint density at radius 3 is 2.90 bits per heavy atom. The van der Waals surface area contributed by atoms with Crippen molar-refractivity contribution < 1.29 is 9.53 Å². The second kappa shape index (κ2) is 5.79. The van der Waals surface area contributed by atoms with Gasteiger partial charge in [0.05, 0.1) is 17.9 Å². The van der Waals surface area contributed by atoms with Crippen molar-refractivity contribution in [2.75, 3.05) is 13.1 Å². The zero-order valence-corrected chi connectivity index (χ0v) is 13.4. The van der Waals surface area contributed by atoms with Gasteiger partial charge < -0.3 is 9.64 Å². The van der Waals surface area contributed by atoms with Crippen molar-refractivity contribution in [2.24, 2.45) is 0 Å². The minimum Gasteiger partial charge on any atom is -0.372 e. The van der Waals surface area contributed by atoms with Gasteiger partial charge in [0.15, 0.2) is 10.1 Å². The molecule has 2 aromatic heterocycles. The molecule has 2 atom stereocenters. The standard InChI is InChI=1S/C14H16ClN3O2S/c1-9-7-17(8-10(2)20-9)12(19)4-3-11-13(15)16-14-18(11)5-6-21-14/h3-6,9-10H,7-8H2,1-2H3/b4-3+. The number of fused-ring (bicyclic) bond motifs is 1. The first-order chi connectivity index (χ1) is 10.0. The molecule has 2 aromatic rings. The number of imidazole rings is 1. The summed E-state index contributed by atoms with van der Waals surface area (Å²) in [6, 6.07) is 0. The lowest BCUT2D eigenvalue weighted by Gasteiger charge is -2.34. The van der Waals surface area contributed by atoms with Gasteiger partial charge in [0.25, 0.3) is 0 Å². The van der Waals surface area contributed by atoms with E-state index in [4.69, 9.17) is 16.3 Å². The molecule has 0 aromatic carbocycles. The fourth-order valence-corrected chi connectivity index (χ4v) is 3.54. The van der Waals surface area contributed by atoms with Crippen LogP contribution < -0.4 is 0 Å². The van der Waals surface area contributed by atoms with Gasteiger partial charge in [-0.3, -0.25) is 9.20 Å². The summed E-state index contributed by atoms with van der Waals surface area (Å²) in [4.78, 5) is 19.1. The summed E-state index contributed by atoms with van der Waals surface area (Å²) in [5.74, 6) is -0.0294. The lowest BCUT2D eigenvalue weighted by atomic mass is 10.2. The lowest BCUT2D eigenvalue weighted by Crippen LogP contribution is -2.47. The summed E-state index contributed by atoms with van der Waals surface area (Å²) in [5.41, 5.74) is 0.732. The Morgan fingerprint density at radius 1 is 1.48 bits per heavy atom. The summed E-state index contributed by atoms with van der Waals surface area (Å²) < 4.78 is 7.51. The summed E-state index contributed by atoms with van der Waals surface area (Å²) >= 11 is 7.61. The molecule has 2 unspecified atom stereocenters. The molecule has 0 radical (unpaired) electrons. The van der Waals surface area contributed by atoms with Crippen molar-refractivity contribution in [1.82, 2.24) is 14.3 Å². The molecule has 1 saturated heterocycles. The van der Waals surface area contributed by atoms with E-state index in [0.29, 0.717) is 18.2 Å². The van der Waals surface area contributed by atoms with E-state index in [1.165, 1.54) is 11.3 Å². The molecular formula is C14H16ClN3O2S. The molecule has 7 heteroatoms. The lowest BCUT2D eigenvalue weighted by molar-refractivity contribution is -0.137. The summed E-state index contributed by atoms with van der Waals surface area (Å²) in [6.45, 7) is 5.17. The number of rotatable bonds is 2. The molecule has 1 aliphatic rings.